The zero-order chi connectivity index (χ0) is 14.8. The second-order valence-corrected chi connectivity index (χ2v) is 6.27. The molecule has 0 aliphatic heterocycles. The third-order valence-corrected chi connectivity index (χ3v) is 4.93. The number of thioether (sulfide) groups is 1. The van der Waals surface area contributed by atoms with Crippen LogP contribution in [0.2, 0.25) is 0 Å². The summed E-state index contributed by atoms with van der Waals surface area (Å²) in [6.07, 6.45) is 0.966. The van der Waals surface area contributed by atoms with Crippen molar-refractivity contribution >= 4 is 17.7 Å². The van der Waals surface area contributed by atoms with Crippen molar-refractivity contribution in [2.75, 3.05) is 5.75 Å². The second kappa shape index (κ2) is 5.92. The van der Waals surface area contributed by atoms with Crippen molar-refractivity contribution in [2.24, 2.45) is 5.73 Å². The lowest BCUT2D eigenvalue weighted by Gasteiger charge is -2.10. The van der Waals surface area contributed by atoms with Crippen LogP contribution in [-0.2, 0) is 17.0 Å². The molecule has 0 fully saturated rings. The van der Waals surface area contributed by atoms with Crippen LogP contribution in [0, 0.1) is 0 Å². The fourth-order valence-corrected chi connectivity index (χ4v) is 3.73. The molecule has 0 radical (unpaired) electrons. The molecule has 0 spiro atoms. The molecule has 0 saturated heterocycles. The summed E-state index contributed by atoms with van der Waals surface area (Å²) in [6, 6.07) is 14.1. The van der Waals surface area contributed by atoms with Crippen molar-refractivity contribution in [3.05, 3.63) is 59.2 Å². The van der Waals surface area contributed by atoms with Gasteiger partial charge in [-0.2, -0.15) is 11.8 Å². The molecule has 21 heavy (non-hydrogen) atoms. The van der Waals surface area contributed by atoms with Gasteiger partial charge in [-0.05, 0) is 34.2 Å². The molecule has 1 aliphatic rings. The molecular weight excluding hydrogens is 282 g/mol. The number of hydrogen-bond donors (Lipinski definition) is 2. The second-order valence-electron chi connectivity index (χ2n) is 5.24. The predicted molar refractivity (Wildman–Crippen MR) is 86.5 cm³/mol. The van der Waals surface area contributed by atoms with E-state index in [0.29, 0.717) is 5.75 Å². The largest absolute Gasteiger partial charge is 0.480 e. The van der Waals surface area contributed by atoms with Gasteiger partial charge in [-0.1, -0.05) is 42.5 Å². The maximum atomic E-state index is 10.7. The molecule has 0 bridgehead atoms. The molecule has 2 aromatic carbocycles. The highest BCUT2D eigenvalue weighted by Gasteiger charge is 2.20. The average Bonchev–Trinajstić information content (AvgIpc) is 2.86. The van der Waals surface area contributed by atoms with Gasteiger partial charge in [0.1, 0.15) is 6.04 Å². The summed E-state index contributed by atoms with van der Waals surface area (Å²) in [5.74, 6) is 0.303. The molecule has 2 aromatic rings. The van der Waals surface area contributed by atoms with E-state index < -0.39 is 12.0 Å². The zero-order valence-electron chi connectivity index (χ0n) is 11.6. The number of fused-ring (bicyclic) bond motifs is 3. The molecule has 0 heterocycles. The van der Waals surface area contributed by atoms with E-state index in [4.69, 9.17) is 10.8 Å². The molecule has 0 aromatic heterocycles. The smallest absolute Gasteiger partial charge is 0.321 e. The van der Waals surface area contributed by atoms with Crippen molar-refractivity contribution in [3.8, 4) is 11.1 Å². The highest BCUT2D eigenvalue weighted by Crippen LogP contribution is 2.38. The van der Waals surface area contributed by atoms with Gasteiger partial charge in [0.15, 0.2) is 0 Å². The van der Waals surface area contributed by atoms with Crippen LogP contribution in [0.15, 0.2) is 42.5 Å². The van der Waals surface area contributed by atoms with Gasteiger partial charge in [-0.25, -0.2) is 0 Å². The molecule has 3 nitrogen and oxygen atoms in total. The Morgan fingerprint density at radius 3 is 2.76 bits per heavy atom. The van der Waals surface area contributed by atoms with Crippen LogP contribution in [-0.4, -0.2) is 22.9 Å². The molecular formula is C17H17NO2S. The Morgan fingerprint density at radius 1 is 1.19 bits per heavy atom. The Hall–Kier alpha value is -1.78. The number of carboxylic acids is 1. The third kappa shape index (κ3) is 2.82. The van der Waals surface area contributed by atoms with Crippen molar-refractivity contribution in [2.45, 2.75) is 18.2 Å². The Bertz CT molecular complexity index is 684. The number of hydrogen-bond acceptors (Lipinski definition) is 3. The minimum atomic E-state index is -0.937. The number of aliphatic carboxylic acids is 1. The van der Waals surface area contributed by atoms with E-state index in [1.54, 1.807) is 11.8 Å². The summed E-state index contributed by atoms with van der Waals surface area (Å²) in [5, 5.41) is 8.81. The van der Waals surface area contributed by atoms with Gasteiger partial charge in [0.25, 0.3) is 0 Å². The SMILES string of the molecule is N[C@@H](CSCc1cccc2c1Cc1ccccc1-2)C(=O)O. The van der Waals surface area contributed by atoms with E-state index in [2.05, 4.69) is 42.5 Å². The summed E-state index contributed by atoms with van der Waals surface area (Å²) >= 11 is 1.58. The Balaban J connectivity index is 1.76. The lowest BCUT2D eigenvalue weighted by atomic mass is 10.0. The Labute approximate surface area is 128 Å². The maximum absolute atomic E-state index is 10.7. The van der Waals surface area contributed by atoms with Gasteiger partial charge in [-0.15, -0.1) is 0 Å². The first kappa shape index (κ1) is 14.2. The zero-order valence-corrected chi connectivity index (χ0v) is 12.4. The van der Waals surface area contributed by atoms with Crippen LogP contribution >= 0.6 is 11.8 Å². The lowest BCUT2D eigenvalue weighted by Crippen LogP contribution is -2.32. The summed E-state index contributed by atoms with van der Waals surface area (Å²) < 4.78 is 0. The Kier molecular flexibility index (Phi) is 3.99. The Morgan fingerprint density at radius 2 is 1.95 bits per heavy atom. The first-order valence-electron chi connectivity index (χ1n) is 6.92. The van der Waals surface area contributed by atoms with Gasteiger partial charge in [0, 0.05) is 11.5 Å². The van der Waals surface area contributed by atoms with E-state index in [-0.39, 0.29) is 0 Å². The van der Waals surface area contributed by atoms with Gasteiger partial charge >= 0.3 is 5.97 Å². The van der Waals surface area contributed by atoms with Crippen LogP contribution in [0.25, 0.3) is 11.1 Å². The fourth-order valence-electron chi connectivity index (χ4n) is 2.73. The molecule has 3 rings (SSSR count). The number of benzene rings is 2. The highest BCUT2D eigenvalue weighted by atomic mass is 32.2. The molecule has 1 aliphatic carbocycles. The van der Waals surface area contributed by atoms with Gasteiger partial charge in [0.2, 0.25) is 0 Å². The van der Waals surface area contributed by atoms with Gasteiger partial charge in [0.05, 0.1) is 0 Å². The van der Waals surface area contributed by atoms with Crippen molar-refractivity contribution < 1.29 is 9.90 Å². The van der Waals surface area contributed by atoms with Crippen molar-refractivity contribution in [3.63, 3.8) is 0 Å². The molecule has 0 saturated carbocycles. The summed E-state index contributed by atoms with van der Waals surface area (Å²) in [5.41, 5.74) is 12.2. The number of carbonyl (C=O) groups is 1. The molecule has 108 valence electrons. The third-order valence-electron chi connectivity index (χ3n) is 3.82. The monoisotopic (exact) mass is 299 g/mol. The summed E-state index contributed by atoms with van der Waals surface area (Å²) in [7, 11) is 0. The van der Waals surface area contributed by atoms with Crippen LogP contribution in [0.3, 0.4) is 0 Å². The van der Waals surface area contributed by atoms with Crippen LogP contribution in [0.5, 0.6) is 0 Å². The predicted octanol–water partition coefficient (Wildman–Crippen LogP) is 2.90. The quantitative estimate of drug-likeness (QED) is 0.760. The van der Waals surface area contributed by atoms with Crippen LogP contribution < -0.4 is 5.73 Å². The minimum Gasteiger partial charge on any atom is -0.480 e. The van der Waals surface area contributed by atoms with E-state index in [1.165, 1.54) is 27.8 Å². The number of carboxylic acid groups (broad SMARTS) is 1. The van der Waals surface area contributed by atoms with Crippen molar-refractivity contribution in [1.29, 1.82) is 0 Å². The number of nitrogens with two attached hydrogens (primary N) is 1. The molecule has 0 amide bonds. The van der Waals surface area contributed by atoms with E-state index in [9.17, 15) is 4.79 Å². The van der Waals surface area contributed by atoms with E-state index >= 15 is 0 Å². The standard InChI is InChI=1S/C17H17NO2S/c18-16(17(19)20)10-21-9-12-5-3-7-14-13-6-2-1-4-11(13)8-15(12)14/h1-7,16H,8-10,18H2,(H,19,20)/t16-/m0/s1. The van der Waals surface area contributed by atoms with Gasteiger partial charge < -0.3 is 10.8 Å². The van der Waals surface area contributed by atoms with E-state index in [1.807, 2.05) is 0 Å². The average molecular weight is 299 g/mol. The normalized spacial score (nSPS) is 13.6. The lowest BCUT2D eigenvalue weighted by molar-refractivity contribution is -0.137. The maximum Gasteiger partial charge on any atom is 0.321 e. The topological polar surface area (TPSA) is 63.3 Å². The minimum absolute atomic E-state index is 0.436. The summed E-state index contributed by atoms with van der Waals surface area (Å²) in [6.45, 7) is 0. The van der Waals surface area contributed by atoms with Crippen molar-refractivity contribution in [1.82, 2.24) is 0 Å². The molecule has 0 unspecified atom stereocenters. The highest BCUT2D eigenvalue weighted by molar-refractivity contribution is 7.98. The van der Waals surface area contributed by atoms with Crippen LogP contribution in [0.4, 0.5) is 0 Å². The summed E-state index contributed by atoms with van der Waals surface area (Å²) in [4.78, 5) is 10.7. The van der Waals surface area contributed by atoms with Gasteiger partial charge in [-0.3, -0.25) is 4.79 Å². The van der Waals surface area contributed by atoms with E-state index in [0.717, 1.165) is 12.2 Å². The molecule has 1 atom stereocenters. The van der Waals surface area contributed by atoms with Crippen LogP contribution in [0.1, 0.15) is 16.7 Å². The fraction of sp³-hybridized carbons (Fsp3) is 0.235. The first-order chi connectivity index (χ1) is 10.2. The number of rotatable bonds is 5. The molecule has 3 N–H and O–H groups in total. The first-order valence-corrected chi connectivity index (χ1v) is 8.07. The molecule has 4 heteroatoms.